The zero-order chi connectivity index (χ0) is 19.8. The van der Waals surface area contributed by atoms with Crippen LogP contribution in [0.3, 0.4) is 0 Å². The summed E-state index contributed by atoms with van der Waals surface area (Å²) in [5.41, 5.74) is 1.23. The second-order valence-corrected chi connectivity index (χ2v) is 6.96. The fourth-order valence-electron chi connectivity index (χ4n) is 3.79. The van der Waals surface area contributed by atoms with Gasteiger partial charge in [-0.15, -0.1) is 0 Å². The summed E-state index contributed by atoms with van der Waals surface area (Å²) < 4.78 is 5.11. The van der Waals surface area contributed by atoms with Gasteiger partial charge in [0, 0.05) is 18.5 Å². The van der Waals surface area contributed by atoms with E-state index in [1.54, 1.807) is 55.6 Å². The third-order valence-corrected chi connectivity index (χ3v) is 5.23. The molecule has 2 heterocycles. The summed E-state index contributed by atoms with van der Waals surface area (Å²) in [5, 5.41) is 9.99. The molecule has 7 heteroatoms. The van der Waals surface area contributed by atoms with E-state index in [0.29, 0.717) is 22.6 Å². The van der Waals surface area contributed by atoms with E-state index in [-0.39, 0.29) is 37.1 Å². The fraction of sp³-hybridized carbons (Fsp3) is 0.286. The number of aliphatic hydroxyl groups excluding tert-OH is 1. The standard InChI is InChI=1S/C21H20N2O5/c1-28-15-8-6-13(7-9-15)19(25)12-23-17-5-3-2-4-16(17)20(26)22-11-14(24)10-18(22)21(23)27/h2-9,14,18,24H,10-12H2,1H3. The summed E-state index contributed by atoms with van der Waals surface area (Å²) in [6.07, 6.45) is -0.575. The average Bonchev–Trinajstić information content (AvgIpc) is 3.09. The van der Waals surface area contributed by atoms with Crippen LogP contribution in [0.25, 0.3) is 0 Å². The van der Waals surface area contributed by atoms with E-state index in [9.17, 15) is 19.5 Å². The molecule has 1 fully saturated rings. The van der Waals surface area contributed by atoms with Gasteiger partial charge in [-0.3, -0.25) is 14.4 Å². The number of fused-ring (bicyclic) bond motifs is 2. The summed E-state index contributed by atoms with van der Waals surface area (Å²) in [6.45, 7) is -0.0697. The molecule has 0 aromatic heterocycles. The van der Waals surface area contributed by atoms with E-state index < -0.39 is 12.1 Å². The second kappa shape index (κ2) is 7.09. The number of hydrogen-bond acceptors (Lipinski definition) is 5. The van der Waals surface area contributed by atoms with Crippen LogP contribution >= 0.6 is 0 Å². The van der Waals surface area contributed by atoms with Crippen LogP contribution in [-0.2, 0) is 4.79 Å². The first kappa shape index (κ1) is 18.2. The molecular weight excluding hydrogens is 360 g/mol. The molecule has 0 spiro atoms. The lowest BCUT2D eigenvalue weighted by atomic mass is 10.1. The normalized spacial score (nSPS) is 21.2. The number of carbonyl (C=O) groups is 3. The maximum absolute atomic E-state index is 13.2. The number of carbonyl (C=O) groups excluding carboxylic acids is 3. The molecular formula is C21H20N2O5. The van der Waals surface area contributed by atoms with Crippen molar-refractivity contribution in [2.24, 2.45) is 0 Å². The molecule has 4 rings (SSSR count). The number of anilines is 1. The molecule has 1 N–H and O–H groups in total. The highest BCUT2D eigenvalue weighted by Crippen LogP contribution is 2.32. The Labute approximate surface area is 162 Å². The van der Waals surface area contributed by atoms with Crippen molar-refractivity contribution in [1.29, 1.82) is 0 Å². The van der Waals surface area contributed by atoms with Crippen molar-refractivity contribution in [3.05, 3.63) is 59.7 Å². The van der Waals surface area contributed by atoms with Crippen LogP contribution in [-0.4, -0.2) is 59.9 Å². The molecule has 2 aromatic carbocycles. The molecule has 2 atom stereocenters. The number of ether oxygens (including phenoxy) is 1. The Morgan fingerprint density at radius 1 is 1.14 bits per heavy atom. The van der Waals surface area contributed by atoms with Gasteiger partial charge in [0.25, 0.3) is 5.91 Å². The summed E-state index contributed by atoms with van der Waals surface area (Å²) in [6, 6.07) is 12.7. The maximum atomic E-state index is 13.2. The van der Waals surface area contributed by atoms with Crippen molar-refractivity contribution >= 4 is 23.3 Å². The molecule has 0 aliphatic carbocycles. The number of amides is 2. The van der Waals surface area contributed by atoms with E-state index >= 15 is 0 Å². The number of nitrogens with zero attached hydrogens (tertiary/aromatic N) is 2. The molecule has 2 aliphatic heterocycles. The zero-order valence-electron chi connectivity index (χ0n) is 15.4. The Morgan fingerprint density at radius 2 is 1.86 bits per heavy atom. The molecule has 0 bridgehead atoms. The quantitative estimate of drug-likeness (QED) is 0.813. The average molecular weight is 380 g/mol. The van der Waals surface area contributed by atoms with Gasteiger partial charge < -0.3 is 19.6 Å². The van der Waals surface area contributed by atoms with E-state index in [4.69, 9.17) is 4.74 Å². The number of para-hydroxylation sites is 1. The number of methoxy groups -OCH3 is 1. The van der Waals surface area contributed by atoms with Crippen molar-refractivity contribution < 1.29 is 24.2 Å². The highest BCUT2D eigenvalue weighted by Gasteiger charge is 2.45. The predicted molar refractivity (Wildman–Crippen MR) is 102 cm³/mol. The van der Waals surface area contributed by atoms with Gasteiger partial charge in [-0.2, -0.15) is 0 Å². The first-order valence-electron chi connectivity index (χ1n) is 9.06. The lowest BCUT2D eigenvalue weighted by Gasteiger charge is -2.25. The highest BCUT2D eigenvalue weighted by molar-refractivity contribution is 6.14. The van der Waals surface area contributed by atoms with Crippen molar-refractivity contribution in [2.45, 2.75) is 18.6 Å². The van der Waals surface area contributed by atoms with Crippen molar-refractivity contribution in [1.82, 2.24) is 4.90 Å². The second-order valence-electron chi connectivity index (χ2n) is 6.96. The third-order valence-electron chi connectivity index (χ3n) is 5.23. The van der Waals surface area contributed by atoms with Gasteiger partial charge in [-0.25, -0.2) is 0 Å². The van der Waals surface area contributed by atoms with Crippen molar-refractivity contribution in [3.63, 3.8) is 0 Å². The Hall–Kier alpha value is -3.19. The molecule has 2 aliphatic rings. The van der Waals surface area contributed by atoms with Gasteiger partial charge in [0.1, 0.15) is 11.8 Å². The van der Waals surface area contributed by atoms with Gasteiger partial charge >= 0.3 is 0 Å². The largest absolute Gasteiger partial charge is 0.497 e. The van der Waals surface area contributed by atoms with E-state index in [0.717, 1.165) is 0 Å². The Morgan fingerprint density at radius 3 is 2.57 bits per heavy atom. The summed E-state index contributed by atoms with van der Waals surface area (Å²) >= 11 is 0. The Bertz CT molecular complexity index is 940. The van der Waals surface area contributed by atoms with Gasteiger partial charge in [-0.05, 0) is 36.4 Å². The number of aliphatic hydroxyl groups is 1. The highest BCUT2D eigenvalue weighted by atomic mass is 16.5. The van der Waals surface area contributed by atoms with Crippen LogP contribution in [0.1, 0.15) is 27.1 Å². The van der Waals surface area contributed by atoms with Crippen LogP contribution in [0.2, 0.25) is 0 Å². The van der Waals surface area contributed by atoms with Crippen LogP contribution in [0.5, 0.6) is 5.75 Å². The van der Waals surface area contributed by atoms with Crippen molar-refractivity contribution in [3.8, 4) is 5.75 Å². The van der Waals surface area contributed by atoms with E-state index in [1.807, 2.05) is 0 Å². The summed E-state index contributed by atoms with van der Waals surface area (Å²) in [7, 11) is 1.54. The molecule has 1 saturated heterocycles. The molecule has 0 saturated carbocycles. The van der Waals surface area contributed by atoms with Crippen LogP contribution in [0, 0.1) is 0 Å². The molecule has 28 heavy (non-hydrogen) atoms. The van der Waals surface area contributed by atoms with Gasteiger partial charge in [0.2, 0.25) is 5.91 Å². The van der Waals surface area contributed by atoms with Gasteiger partial charge in [0.05, 0.1) is 31.0 Å². The Kier molecular flexibility index (Phi) is 4.60. The maximum Gasteiger partial charge on any atom is 0.256 e. The number of rotatable bonds is 4. The molecule has 0 radical (unpaired) electrons. The number of ketones is 1. The first-order chi connectivity index (χ1) is 13.5. The van der Waals surface area contributed by atoms with Crippen LogP contribution in [0.4, 0.5) is 5.69 Å². The summed E-state index contributed by atoms with van der Waals surface area (Å²) in [4.78, 5) is 41.7. The summed E-state index contributed by atoms with van der Waals surface area (Å²) in [5.74, 6) is -0.263. The first-order valence-corrected chi connectivity index (χ1v) is 9.06. The molecule has 2 aromatic rings. The Balaban J connectivity index is 1.69. The molecule has 2 unspecified atom stereocenters. The lowest BCUT2D eigenvalue weighted by Crippen LogP contribution is -2.46. The smallest absolute Gasteiger partial charge is 0.256 e. The molecule has 144 valence electrons. The van der Waals surface area contributed by atoms with E-state index in [1.165, 1.54) is 9.80 Å². The minimum atomic E-state index is -0.765. The van der Waals surface area contributed by atoms with E-state index in [2.05, 4.69) is 0 Å². The monoisotopic (exact) mass is 380 g/mol. The minimum absolute atomic E-state index is 0.115. The van der Waals surface area contributed by atoms with Crippen LogP contribution < -0.4 is 9.64 Å². The lowest BCUT2D eigenvalue weighted by molar-refractivity contribution is -0.122. The molecule has 2 amide bonds. The predicted octanol–water partition coefficient (Wildman–Crippen LogP) is 1.50. The number of Topliss-reactive ketones (excluding diaryl/α,β-unsaturated/α-hetero) is 1. The molecule has 7 nitrogen and oxygen atoms in total. The third kappa shape index (κ3) is 3.03. The topological polar surface area (TPSA) is 87.2 Å². The zero-order valence-corrected chi connectivity index (χ0v) is 15.4. The van der Waals surface area contributed by atoms with Gasteiger partial charge in [0.15, 0.2) is 5.78 Å². The van der Waals surface area contributed by atoms with Crippen LogP contribution in [0.15, 0.2) is 48.5 Å². The number of benzene rings is 2. The van der Waals surface area contributed by atoms with Gasteiger partial charge in [-0.1, -0.05) is 12.1 Å². The SMILES string of the molecule is COc1ccc(C(=O)CN2C(=O)C3CC(O)CN3C(=O)c3ccccc32)cc1. The van der Waals surface area contributed by atoms with Crippen molar-refractivity contribution in [2.75, 3.05) is 25.1 Å². The number of hydrogen-bond donors (Lipinski definition) is 1. The minimum Gasteiger partial charge on any atom is -0.497 e. The fourth-order valence-corrected chi connectivity index (χ4v) is 3.79.